The third kappa shape index (κ3) is 7.35. The van der Waals surface area contributed by atoms with E-state index in [1.165, 1.54) is 0 Å². The molecule has 1 amide bonds. The van der Waals surface area contributed by atoms with Gasteiger partial charge in [-0.2, -0.15) is 13.2 Å². The smallest absolute Gasteiger partial charge is 0.412 e. The number of allylic oxidation sites excluding steroid dienone is 3. The van der Waals surface area contributed by atoms with Crippen LogP contribution in [0.1, 0.15) is 6.42 Å². The highest BCUT2D eigenvalue weighted by molar-refractivity contribution is 5.64. The Bertz CT molecular complexity index is 381. The van der Waals surface area contributed by atoms with E-state index in [2.05, 4.69) is 16.4 Å². The lowest BCUT2D eigenvalue weighted by Gasteiger charge is -2.16. The van der Waals surface area contributed by atoms with Crippen LogP contribution in [0.25, 0.3) is 0 Å². The lowest BCUT2D eigenvalue weighted by molar-refractivity contribution is -0.0947. The number of hydrogen-bond acceptors (Lipinski definition) is 3. The van der Waals surface area contributed by atoms with Gasteiger partial charge in [-0.25, -0.2) is 4.79 Å². The predicted octanol–water partition coefficient (Wildman–Crippen LogP) is 1.48. The lowest BCUT2D eigenvalue weighted by Crippen LogP contribution is -2.32. The Kier molecular flexibility index (Phi) is 6.60. The van der Waals surface area contributed by atoms with Gasteiger partial charge in [-0.1, -0.05) is 18.1 Å². The number of rotatable bonds is 5. The molecule has 0 saturated heterocycles. The van der Waals surface area contributed by atoms with Crippen molar-refractivity contribution in [1.82, 2.24) is 0 Å². The summed E-state index contributed by atoms with van der Waals surface area (Å²) in [7, 11) is 0. The van der Waals surface area contributed by atoms with Gasteiger partial charge in [0.05, 0.1) is 0 Å². The van der Waals surface area contributed by atoms with Crippen molar-refractivity contribution < 1.29 is 22.7 Å². The quantitative estimate of drug-likeness (QED) is 0.581. The van der Waals surface area contributed by atoms with E-state index in [0.717, 1.165) is 18.2 Å². The maximum Gasteiger partial charge on any atom is 0.412 e. The molecule has 100 valence electrons. The molecule has 0 aliphatic carbocycles. The third-order valence-corrected chi connectivity index (χ3v) is 1.78. The van der Waals surface area contributed by atoms with E-state index in [9.17, 15) is 18.0 Å². The number of halogens is 3. The van der Waals surface area contributed by atoms with Crippen molar-refractivity contribution in [1.29, 1.82) is 0 Å². The SMILES string of the molecule is C#CC=CC=C(CC(N)COC(N)=O)C(F)(F)F. The van der Waals surface area contributed by atoms with Crippen LogP contribution in [0.2, 0.25) is 0 Å². The zero-order chi connectivity index (χ0) is 14.2. The van der Waals surface area contributed by atoms with Crippen LogP contribution in [0.5, 0.6) is 0 Å². The zero-order valence-electron chi connectivity index (χ0n) is 9.41. The van der Waals surface area contributed by atoms with Gasteiger partial charge in [0.2, 0.25) is 0 Å². The van der Waals surface area contributed by atoms with Crippen LogP contribution in [0.3, 0.4) is 0 Å². The first-order valence-electron chi connectivity index (χ1n) is 4.84. The van der Waals surface area contributed by atoms with Gasteiger partial charge in [-0.05, 0) is 12.5 Å². The summed E-state index contributed by atoms with van der Waals surface area (Å²) in [6, 6.07) is -0.996. The fraction of sp³-hybridized carbons (Fsp3) is 0.364. The van der Waals surface area contributed by atoms with Crippen LogP contribution in [-0.2, 0) is 4.74 Å². The van der Waals surface area contributed by atoms with E-state index in [0.29, 0.717) is 0 Å². The van der Waals surface area contributed by atoms with Crippen molar-refractivity contribution in [2.45, 2.75) is 18.6 Å². The zero-order valence-corrected chi connectivity index (χ0v) is 9.41. The Morgan fingerprint density at radius 1 is 1.50 bits per heavy atom. The number of carbonyl (C=O) groups excluding carboxylic acids is 1. The van der Waals surface area contributed by atoms with Gasteiger partial charge in [0, 0.05) is 11.6 Å². The second-order valence-corrected chi connectivity index (χ2v) is 3.31. The number of hydrogen-bond donors (Lipinski definition) is 2. The highest BCUT2D eigenvalue weighted by Gasteiger charge is 2.33. The second kappa shape index (κ2) is 7.40. The molecule has 0 rings (SSSR count). The van der Waals surface area contributed by atoms with Gasteiger partial charge in [0.15, 0.2) is 0 Å². The Morgan fingerprint density at radius 2 is 2.11 bits per heavy atom. The summed E-state index contributed by atoms with van der Waals surface area (Å²) in [6.45, 7) is -0.387. The topological polar surface area (TPSA) is 78.3 Å². The fourth-order valence-corrected chi connectivity index (χ4v) is 1.03. The molecule has 0 aromatic carbocycles. The summed E-state index contributed by atoms with van der Waals surface area (Å²) in [4.78, 5) is 10.3. The predicted molar refractivity (Wildman–Crippen MR) is 60.2 cm³/mol. The summed E-state index contributed by atoms with van der Waals surface area (Å²) in [5.74, 6) is 2.06. The molecule has 0 aromatic heterocycles. The van der Waals surface area contributed by atoms with Crippen molar-refractivity contribution in [2.75, 3.05) is 6.61 Å². The standard InChI is InChI=1S/C11H13F3N2O2/c1-2-3-4-5-8(11(12,13)14)6-9(15)7-18-10(16)17/h1,3-5,9H,6-7,15H2,(H2,16,17). The summed E-state index contributed by atoms with van der Waals surface area (Å²) in [5, 5.41) is 0. The van der Waals surface area contributed by atoms with Crippen molar-refractivity contribution >= 4 is 6.09 Å². The molecule has 4 nitrogen and oxygen atoms in total. The molecular formula is C11H13F3N2O2. The molecule has 0 spiro atoms. The maximum absolute atomic E-state index is 12.6. The van der Waals surface area contributed by atoms with Crippen LogP contribution in [0.4, 0.5) is 18.0 Å². The van der Waals surface area contributed by atoms with Crippen molar-refractivity contribution in [3.05, 3.63) is 23.8 Å². The molecule has 0 aliphatic rings. The van der Waals surface area contributed by atoms with E-state index in [1.54, 1.807) is 0 Å². The van der Waals surface area contributed by atoms with Gasteiger partial charge in [-0.3, -0.25) is 0 Å². The third-order valence-electron chi connectivity index (χ3n) is 1.78. The fourth-order valence-electron chi connectivity index (χ4n) is 1.03. The molecule has 0 bridgehead atoms. The molecule has 0 fully saturated rings. The van der Waals surface area contributed by atoms with Crippen LogP contribution in [0, 0.1) is 12.3 Å². The first-order valence-corrected chi connectivity index (χ1v) is 4.84. The maximum atomic E-state index is 12.6. The first kappa shape index (κ1) is 16.1. The highest BCUT2D eigenvalue weighted by Crippen LogP contribution is 2.28. The monoisotopic (exact) mass is 262 g/mol. The van der Waals surface area contributed by atoms with Crippen molar-refractivity contribution in [2.24, 2.45) is 11.5 Å². The minimum Gasteiger partial charge on any atom is -0.448 e. The molecule has 0 aliphatic heterocycles. The Morgan fingerprint density at radius 3 is 2.56 bits per heavy atom. The molecule has 0 aromatic rings. The van der Waals surface area contributed by atoms with Gasteiger partial charge < -0.3 is 16.2 Å². The molecule has 1 unspecified atom stereocenters. The largest absolute Gasteiger partial charge is 0.448 e. The van der Waals surface area contributed by atoms with Crippen LogP contribution in [0.15, 0.2) is 23.8 Å². The molecular weight excluding hydrogens is 249 g/mol. The molecule has 4 N–H and O–H groups in total. The average molecular weight is 262 g/mol. The normalized spacial score (nSPS) is 14.3. The van der Waals surface area contributed by atoms with E-state index in [4.69, 9.17) is 12.2 Å². The van der Waals surface area contributed by atoms with Gasteiger partial charge in [0.25, 0.3) is 0 Å². The van der Waals surface area contributed by atoms with E-state index < -0.39 is 30.3 Å². The molecule has 0 saturated carbocycles. The molecule has 18 heavy (non-hydrogen) atoms. The average Bonchev–Trinajstić information content (AvgIpc) is 2.24. The van der Waals surface area contributed by atoms with Gasteiger partial charge in [-0.15, -0.1) is 6.42 Å². The van der Waals surface area contributed by atoms with Crippen LogP contribution < -0.4 is 11.5 Å². The minimum absolute atomic E-state index is 0.387. The van der Waals surface area contributed by atoms with Crippen LogP contribution in [-0.4, -0.2) is 24.9 Å². The number of ether oxygens (including phenoxy) is 1. The molecule has 0 radical (unpaired) electrons. The Labute approximate surface area is 102 Å². The van der Waals surface area contributed by atoms with E-state index in [-0.39, 0.29) is 6.61 Å². The number of nitrogens with two attached hydrogens (primary N) is 2. The summed E-state index contributed by atoms with van der Waals surface area (Å²) in [6.07, 6.45) is 1.78. The number of amides is 1. The number of terminal acetylenes is 1. The second-order valence-electron chi connectivity index (χ2n) is 3.31. The van der Waals surface area contributed by atoms with E-state index in [1.807, 2.05) is 0 Å². The van der Waals surface area contributed by atoms with E-state index >= 15 is 0 Å². The van der Waals surface area contributed by atoms with Gasteiger partial charge >= 0.3 is 12.3 Å². The summed E-state index contributed by atoms with van der Waals surface area (Å²) in [5.41, 5.74) is 9.19. The van der Waals surface area contributed by atoms with Gasteiger partial charge in [0.1, 0.15) is 6.61 Å². The number of alkyl halides is 3. The first-order chi connectivity index (χ1) is 8.27. The number of carbonyl (C=O) groups is 1. The number of primary amides is 1. The Balaban J connectivity index is 4.61. The highest BCUT2D eigenvalue weighted by atomic mass is 19.4. The summed E-state index contributed by atoms with van der Waals surface area (Å²) < 4.78 is 42.0. The molecule has 7 heteroatoms. The van der Waals surface area contributed by atoms with Crippen molar-refractivity contribution in [3.63, 3.8) is 0 Å². The molecule has 1 atom stereocenters. The lowest BCUT2D eigenvalue weighted by atomic mass is 10.1. The molecule has 0 heterocycles. The van der Waals surface area contributed by atoms with Crippen molar-refractivity contribution in [3.8, 4) is 12.3 Å². The Hall–Kier alpha value is -1.94. The van der Waals surface area contributed by atoms with Crippen LogP contribution >= 0.6 is 0 Å². The summed E-state index contributed by atoms with van der Waals surface area (Å²) >= 11 is 0. The minimum atomic E-state index is -4.52.